The summed E-state index contributed by atoms with van der Waals surface area (Å²) in [5.74, 6) is -1.10. The van der Waals surface area contributed by atoms with E-state index in [1.807, 2.05) is 4.90 Å². The molecule has 1 unspecified atom stereocenters. The summed E-state index contributed by atoms with van der Waals surface area (Å²) in [5.41, 5.74) is 0. The maximum absolute atomic E-state index is 12.2. The fourth-order valence-electron chi connectivity index (χ4n) is 2.90. The van der Waals surface area contributed by atoms with Gasteiger partial charge in [-0.25, -0.2) is 0 Å². The van der Waals surface area contributed by atoms with Crippen LogP contribution in [0.25, 0.3) is 0 Å². The maximum atomic E-state index is 12.2. The Morgan fingerprint density at radius 2 is 1.94 bits per heavy atom. The average molecular weight is 255 g/mol. The minimum absolute atomic E-state index is 0.129. The molecule has 2 fully saturated rings. The molecule has 1 atom stereocenters. The third-order valence-electron chi connectivity index (χ3n) is 3.84. The molecule has 1 aliphatic heterocycles. The minimum Gasteiger partial charge on any atom is -0.481 e. The molecular formula is C13H21NO4. The van der Waals surface area contributed by atoms with Crippen LogP contribution in [-0.2, 0) is 14.3 Å². The van der Waals surface area contributed by atoms with Gasteiger partial charge in [0.05, 0.1) is 13.0 Å². The van der Waals surface area contributed by atoms with Crippen molar-refractivity contribution in [3.63, 3.8) is 0 Å². The molecule has 0 spiro atoms. The molecule has 1 N–H and O–H groups in total. The van der Waals surface area contributed by atoms with E-state index < -0.39 is 12.1 Å². The van der Waals surface area contributed by atoms with Gasteiger partial charge in [-0.3, -0.25) is 9.59 Å². The number of carboxylic acids is 1. The minimum atomic E-state index is -0.976. The first-order valence-corrected chi connectivity index (χ1v) is 6.82. The van der Waals surface area contributed by atoms with Gasteiger partial charge in [0.1, 0.15) is 6.10 Å². The van der Waals surface area contributed by atoms with Crippen LogP contribution in [0.1, 0.15) is 44.9 Å². The normalized spacial score (nSPS) is 27.0. The molecule has 0 aromatic heterocycles. The van der Waals surface area contributed by atoms with Gasteiger partial charge in [-0.05, 0) is 12.8 Å². The lowest BCUT2D eigenvalue weighted by Crippen LogP contribution is -2.52. The van der Waals surface area contributed by atoms with Crippen LogP contribution in [0.3, 0.4) is 0 Å². The van der Waals surface area contributed by atoms with Gasteiger partial charge in [0.15, 0.2) is 0 Å². The molecule has 1 aliphatic carbocycles. The largest absolute Gasteiger partial charge is 0.481 e. The van der Waals surface area contributed by atoms with E-state index in [1.165, 1.54) is 25.7 Å². The molecule has 2 rings (SSSR count). The molecule has 2 aliphatic rings. The molecule has 1 saturated carbocycles. The molecule has 18 heavy (non-hydrogen) atoms. The Kier molecular flexibility index (Phi) is 4.58. The molecule has 0 radical (unpaired) electrons. The number of hydrogen-bond acceptors (Lipinski definition) is 3. The predicted molar refractivity (Wildman–Crippen MR) is 65.2 cm³/mol. The number of amides is 1. The maximum Gasteiger partial charge on any atom is 0.306 e. The zero-order valence-electron chi connectivity index (χ0n) is 10.6. The zero-order valence-corrected chi connectivity index (χ0v) is 10.6. The quantitative estimate of drug-likeness (QED) is 0.774. The van der Waals surface area contributed by atoms with Crippen LogP contribution in [0, 0.1) is 0 Å². The monoisotopic (exact) mass is 255 g/mol. The van der Waals surface area contributed by atoms with E-state index >= 15 is 0 Å². The molecule has 1 saturated heterocycles. The summed E-state index contributed by atoms with van der Waals surface area (Å²) in [7, 11) is 0. The molecule has 5 nitrogen and oxygen atoms in total. The molecule has 0 aromatic rings. The molecule has 102 valence electrons. The molecule has 5 heteroatoms. The Bertz CT molecular complexity index is 310. The Hall–Kier alpha value is -1.10. The summed E-state index contributed by atoms with van der Waals surface area (Å²) in [4.78, 5) is 24.8. The molecule has 0 aromatic carbocycles. The standard InChI is InChI=1S/C13H21NO4/c15-12(16)9-11-13(17)14(7-8-18-11)10-5-3-1-2-4-6-10/h10-11H,1-9H2,(H,15,16). The van der Waals surface area contributed by atoms with Gasteiger partial charge in [0, 0.05) is 12.6 Å². The van der Waals surface area contributed by atoms with Crippen LogP contribution in [0.15, 0.2) is 0 Å². The summed E-state index contributed by atoms with van der Waals surface area (Å²) in [6.07, 6.45) is 5.91. The Morgan fingerprint density at radius 1 is 1.28 bits per heavy atom. The number of carbonyl (C=O) groups excluding carboxylic acids is 1. The van der Waals surface area contributed by atoms with Crippen molar-refractivity contribution in [2.75, 3.05) is 13.2 Å². The Morgan fingerprint density at radius 3 is 2.56 bits per heavy atom. The van der Waals surface area contributed by atoms with Gasteiger partial charge in [0.25, 0.3) is 5.91 Å². The van der Waals surface area contributed by atoms with Crippen molar-refractivity contribution in [2.45, 2.75) is 57.1 Å². The lowest BCUT2D eigenvalue weighted by atomic mass is 10.0. The molecular weight excluding hydrogens is 234 g/mol. The van der Waals surface area contributed by atoms with E-state index in [9.17, 15) is 9.59 Å². The van der Waals surface area contributed by atoms with Crippen molar-refractivity contribution in [3.05, 3.63) is 0 Å². The van der Waals surface area contributed by atoms with Gasteiger partial charge >= 0.3 is 5.97 Å². The van der Waals surface area contributed by atoms with Gasteiger partial charge < -0.3 is 14.7 Å². The predicted octanol–water partition coefficient (Wildman–Crippen LogP) is 1.41. The van der Waals surface area contributed by atoms with Crippen molar-refractivity contribution in [3.8, 4) is 0 Å². The van der Waals surface area contributed by atoms with Gasteiger partial charge in [-0.15, -0.1) is 0 Å². The first kappa shape index (κ1) is 13.3. The fourth-order valence-corrected chi connectivity index (χ4v) is 2.90. The second kappa shape index (κ2) is 6.18. The van der Waals surface area contributed by atoms with E-state index in [0.717, 1.165) is 12.8 Å². The highest BCUT2D eigenvalue weighted by molar-refractivity contribution is 5.86. The van der Waals surface area contributed by atoms with E-state index in [-0.39, 0.29) is 12.3 Å². The molecule has 1 heterocycles. The van der Waals surface area contributed by atoms with Crippen molar-refractivity contribution in [1.29, 1.82) is 0 Å². The van der Waals surface area contributed by atoms with Crippen LogP contribution in [0.2, 0.25) is 0 Å². The first-order chi connectivity index (χ1) is 8.68. The van der Waals surface area contributed by atoms with E-state index in [4.69, 9.17) is 9.84 Å². The highest BCUT2D eigenvalue weighted by Gasteiger charge is 2.35. The third-order valence-corrected chi connectivity index (χ3v) is 3.84. The Balaban J connectivity index is 1.98. The average Bonchev–Trinajstić information content (AvgIpc) is 2.60. The molecule has 1 amide bonds. The summed E-state index contributed by atoms with van der Waals surface area (Å²) in [6.45, 7) is 1.07. The number of carboxylic acid groups (broad SMARTS) is 1. The number of hydrogen-bond donors (Lipinski definition) is 1. The number of morpholine rings is 1. The summed E-state index contributed by atoms with van der Waals surface area (Å²) < 4.78 is 5.28. The summed E-state index contributed by atoms with van der Waals surface area (Å²) in [6, 6.07) is 0.292. The van der Waals surface area contributed by atoms with Gasteiger partial charge in [0.2, 0.25) is 0 Å². The second-order valence-corrected chi connectivity index (χ2v) is 5.13. The van der Waals surface area contributed by atoms with Crippen molar-refractivity contribution in [2.24, 2.45) is 0 Å². The van der Waals surface area contributed by atoms with Gasteiger partial charge in [-0.1, -0.05) is 25.7 Å². The zero-order chi connectivity index (χ0) is 13.0. The number of rotatable bonds is 3. The fraction of sp³-hybridized carbons (Fsp3) is 0.846. The van der Waals surface area contributed by atoms with Gasteiger partial charge in [-0.2, -0.15) is 0 Å². The van der Waals surface area contributed by atoms with Crippen LogP contribution in [0.5, 0.6) is 0 Å². The highest BCUT2D eigenvalue weighted by Crippen LogP contribution is 2.24. The lowest BCUT2D eigenvalue weighted by Gasteiger charge is -2.37. The second-order valence-electron chi connectivity index (χ2n) is 5.13. The highest BCUT2D eigenvalue weighted by atomic mass is 16.5. The van der Waals surface area contributed by atoms with Crippen LogP contribution in [0.4, 0.5) is 0 Å². The number of ether oxygens (including phenoxy) is 1. The van der Waals surface area contributed by atoms with E-state index in [2.05, 4.69) is 0 Å². The lowest BCUT2D eigenvalue weighted by molar-refractivity contribution is -0.162. The smallest absolute Gasteiger partial charge is 0.306 e. The summed E-state index contributed by atoms with van der Waals surface area (Å²) >= 11 is 0. The molecule has 0 bridgehead atoms. The van der Waals surface area contributed by atoms with E-state index in [0.29, 0.717) is 19.2 Å². The van der Waals surface area contributed by atoms with E-state index in [1.54, 1.807) is 0 Å². The Labute approximate surface area is 107 Å². The topological polar surface area (TPSA) is 66.8 Å². The van der Waals surface area contributed by atoms with Crippen LogP contribution < -0.4 is 0 Å². The first-order valence-electron chi connectivity index (χ1n) is 6.82. The van der Waals surface area contributed by atoms with Crippen LogP contribution in [-0.4, -0.2) is 47.2 Å². The van der Waals surface area contributed by atoms with Crippen molar-refractivity contribution < 1.29 is 19.4 Å². The third kappa shape index (κ3) is 3.22. The van der Waals surface area contributed by atoms with Crippen LogP contribution >= 0.6 is 0 Å². The number of nitrogens with zero attached hydrogens (tertiary/aromatic N) is 1. The van der Waals surface area contributed by atoms with Crippen molar-refractivity contribution >= 4 is 11.9 Å². The van der Waals surface area contributed by atoms with Crippen molar-refractivity contribution in [1.82, 2.24) is 4.90 Å². The number of aliphatic carboxylic acids is 1. The summed E-state index contributed by atoms with van der Waals surface area (Å²) in [5, 5.41) is 8.77. The SMILES string of the molecule is O=C(O)CC1OCCN(C2CCCCCC2)C1=O. The number of carbonyl (C=O) groups is 2.